The van der Waals surface area contributed by atoms with Gasteiger partial charge in [0.25, 0.3) is 5.91 Å². The first-order valence-corrected chi connectivity index (χ1v) is 9.06. The Kier molecular flexibility index (Phi) is 4.66. The molecule has 0 saturated heterocycles. The maximum atomic E-state index is 11.7. The maximum absolute atomic E-state index is 11.7. The molecular formula is C19H14BrN5O3. The average Bonchev–Trinajstić information content (AvgIpc) is 3.04. The number of benzene rings is 2. The third-order valence-electron chi connectivity index (χ3n) is 4.12. The number of aromatic nitrogens is 2. The van der Waals surface area contributed by atoms with Crippen molar-refractivity contribution in [1.82, 2.24) is 9.97 Å². The summed E-state index contributed by atoms with van der Waals surface area (Å²) in [5, 5.41) is 6.15. The van der Waals surface area contributed by atoms with E-state index in [9.17, 15) is 9.59 Å². The van der Waals surface area contributed by atoms with Crippen molar-refractivity contribution in [3.05, 3.63) is 69.8 Å². The van der Waals surface area contributed by atoms with Gasteiger partial charge in [-0.2, -0.15) is 4.98 Å². The normalized spacial score (nSPS) is 12.2. The molecule has 0 aliphatic carbocycles. The van der Waals surface area contributed by atoms with Crippen molar-refractivity contribution in [2.75, 3.05) is 10.6 Å². The van der Waals surface area contributed by atoms with Gasteiger partial charge >= 0.3 is 5.97 Å². The molecule has 2 aromatic carbocycles. The third-order valence-corrected chi connectivity index (χ3v) is 4.81. The number of amides is 1. The summed E-state index contributed by atoms with van der Waals surface area (Å²) in [5.41, 5.74) is 8.36. The van der Waals surface area contributed by atoms with Gasteiger partial charge < -0.3 is 21.1 Å². The van der Waals surface area contributed by atoms with E-state index in [0.717, 1.165) is 15.7 Å². The number of ether oxygens (including phenoxy) is 1. The van der Waals surface area contributed by atoms with Crippen LogP contribution in [0, 0.1) is 0 Å². The number of anilines is 4. The second-order valence-corrected chi connectivity index (χ2v) is 6.85. The molecule has 1 aliphatic heterocycles. The fourth-order valence-corrected chi connectivity index (χ4v) is 3.13. The number of rotatable bonds is 5. The zero-order chi connectivity index (χ0) is 19.7. The van der Waals surface area contributed by atoms with Crippen LogP contribution in [0.5, 0.6) is 0 Å². The first kappa shape index (κ1) is 17.9. The average molecular weight is 440 g/mol. The molecule has 0 atom stereocenters. The van der Waals surface area contributed by atoms with Crippen LogP contribution in [0.4, 0.5) is 23.1 Å². The predicted molar refractivity (Wildman–Crippen MR) is 107 cm³/mol. The topological polar surface area (TPSA) is 119 Å². The summed E-state index contributed by atoms with van der Waals surface area (Å²) in [4.78, 5) is 31.8. The zero-order valence-electron chi connectivity index (χ0n) is 14.4. The van der Waals surface area contributed by atoms with E-state index < -0.39 is 5.91 Å². The SMILES string of the molecule is NC(=O)c1cnc(Nc2ccc3c(c2)COC3=O)nc1Nc1ccccc1Br. The number of nitrogens with zero attached hydrogens (tertiary/aromatic N) is 2. The number of primary amides is 1. The summed E-state index contributed by atoms with van der Waals surface area (Å²) in [5.74, 6) is -0.431. The molecule has 4 N–H and O–H groups in total. The molecule has 0 spiro atoms. The Morgan fingerprint density at radius 3 is 2.79 bits per heavy atom. The Morgan fingerprint density at radius 2 is 2.00 bits per heavy atom. The number of hydrogen-bond donors (Lipinski definition) is 3. The third kappa shape index (κ3) is 3.52. The summed E-state index contributed by atoms with van der Waals surface area (Å²) in [6.45, 7) is 0.236. The van der Waals surface area contributed by atoms with Crippen LogP contribution in [-0.4, -0.2) is 21.8 Å². The lowest BCUT2D eigenvalue weighted by molar-refractivity contribution is 0.0535. The molecule has 0 radical (unpaired) electrons. The monoisotopic (exact) mass is 439 g/mol. The molecule has 1 aliphatic rings. The van der Waals surface area contributed by atoms with E-state index in [1.807, 2.05) is 24.3 Å². The summed E-state index contributed by atoms with van der Waals surface area (Å²) in [7, 11) is 0. The van der Waals surface area contributed by atoms with Crippen molar-refractivity contribution < 1.29 is 14.3 Å². The van der Waals surface area contributed by atoms with Crippen LogP contribution in [0.1, 0.15) is 26.3 Å². The number of esters is 1. The molecule has 3 aromatic rings. The molecule has 0 fully saturated rings. The molecule has 2 heterocycles. The number of nitrogens with two attached hydrogens (primary N) is 1. The highest BCUT2D eigenvalue weighted by Crippen LogP contribution is 2.28. The van der Waals surface area contributed by atoms with E-state index in [1.165, 1.54) is 6.20 Å². The zero-order valence-corrected chi connectivity index (χ0v) is 16.0. The minimum absolute atomic E-state index is 0.161. The Labute approximate surface area is 168 Å². The first-order chi connectivity index (χ1) is 13.5. The van der Waals surface area contributed by atoms with Crippen molar-refractivity contribution in [2.45, 2.75) is 6.61 Å². The Balaban J connectivity index is 1.64. The van der Waals surface area contributed by atoms with Gasteiger partial charge in [0.1, 0.15) is 18.0 Å². The fourth-order valence-electron chi connectivity index (χ4n) is 2.75. The van der Waals surface area contributed by atoms with E-state index in [0.29, 0.717) is 11.3 Å². The van der Waals surface area contributed by atoms with Gasteiger partial charge in [0.05, 0.1) is 11.3 Å². The molecule has 9 heteroatoms. The van der Waals surface area contributed by atoms with Gasteiger partial charge in [-0.05, 0) is 46.3 Å². The van der Waals surface area contributed by atoms with Crippen molar-refractivity contribution >= 4 is 50.9 Å². The number of carbonyl (C=O) groups is 2. The van der Waals surface area contributed by atoms with Gasteiger partial charge in [-0.1, -0.05) is 12.1 Å². The lowest BCUT2D eigenvalue weighted by atomic mass is 10.1. The minimum atomic E-state index is -0.644. The molecule has 4 rings (SSSR count). The molecule has 0 bridgehead atoms. The largest absolute Gasteiger partial charge is 0.457 e. The van der Waals surface area contributed by atoms with Gasteiger partial charge in [0.2, 0.25) is 5.95 Å². The van der Waals surface area contributed by atoms with Crippen LogP contribution in [0.2, 0.25) is 0 Å². The van der Waals surface area contributed by atoms with Crippen LogP contribution in [0.25, 0.3) is 0 Å². The van der Waals surface area contributed by atoms with Gasteiger partial charge in [-0.15, -0.1) is 0 Å². The van der Waals surface area contributed by atoms with Gasteiger partial charge in [-0.3, -0.25) is 4.79 Å². The second-order valence-electron chi connectivity index (χ2n) is 6.00. The van der Waals surface area contributed by atoms with Crippen LogP contribution in [-0.2, 0) is 11.3 Å². The van der Waals surface area contributed by atoms with E-state index in [-0.39, 0.29) is 29.9 Å². The second kappa shape index (κ2) is 7.28. The molecule has 0 saturated carbocycles. The van der Waals surface area contributed by atoms with Gasteiger partial charge in [0.15, 0.2) is 0 Å². The summed E-state index contributed by atoms with van der Waals surface area (Å²) >= 11 is 3.44. The van der Waals surface area contributed by atoms with Crippen LogP contribution < -0.4 is 16.4 Å². The maximum Gasteiger partial charge on any atom is 0.338 e. The standard InChI is InChI=1S/C19H14BrN5O3/c20-14-3-1-2-4-15(14)24-17-13(16(21)26)8-22-19(25-17)23-11-5-6-12-10(7-11)9-28-18(12)27/h1-8H,9H2,(H2,21,26)(H2,22,23,24,25). The lowest BCUT2D eigenvalue weighted by Gasteiger charge is -2.12. The van der Waals surface area contributed by atoms with E-state index in [4.69, 9.17) is 10.5 Å². The van der Waals surface area contributed by atoms with Crippen LogP contribution >= 0.6 is 15.9 Å². The van der Waals surface area contributed by atoms with Gasteiger partial charge in [-0.25, -0.2) is 9.78 Å². The number of nitrogens with one attached hydrogen (secondary N) is 2. The fraction of sp³-hybridized carbons (Fsp3) is 0.0526. The minimum Gasteiger partial charge on any atom is -0.457 e. The Hall–Kier alpha value is -3.46. The lowest BCUT2D eigenvalue weighted by Crippen LogP contribution is -2.15. The van der Waals surface area contributed by atoms with Crippen LogP contribution in [0.15, 0.2) is 53.1 Å². The molecule has 1 amide bonds. The molecule has 8 nitrogen and oxygen atoms in total. The predicted octanol–water partition coefficient (Wildman–Crippen LogP) is 3.50. The van der Waals surface area contributed by atoms with E-state index in [2.05, 4.69) is 36.5 Å². The van der Waals surface area contributed by atoms with E-state index >= 15 is 0 Å². The van der Waals surface area contributed by atoms with Gasteiger partial charge in [0, 0.05) is 21.9 Å². The van der Waals surface area contributed by atoms with Crippen molar-refractivity contribution in [3.63, 3.8) is 0 Å². The number of hydrogen-bond acceptors (Lipinski definition) is 7. The molecule has 140 valence electrons. The molecule has 1 aromatic heterocycles. The highest BCUT2D eigenvalue weighted by molar-refractivity contribution is 9.10. The molecule has 28 heavy (non-hydrogen) atoms. The summed E-state index contributed by atoms with van der Waals surface area (Å²) in [6.07, 6.45) is 1.36. The highest BCUT2D eigenvalue weighted by atomic mass is 79.9. The van der Waals surface area contributed by atoms with Crippen LogP contribution in [0.3, 0.4) is 0 Å². The Morgan fingerprint density at radius 1 is 1.18 bits per heavy atom. The number of cyclic esters (lactones) is 1. The Bertz CT molecular complexity index is 1100. The summed E-state index contributed by atoms with van der Waals surface area (Å²) < 4.78 is 5.81. The highest BCUT2D eigenvalue weighted by Gasteiger charge is 2.21. The molecular weight excluding hydrogens is 426 g/mol. The number of fused-ring (bicyclic) bond motifs is 1. The van der Waals surface area contributed by atoms with Crippen molar-refractivity contribution in [3.8, 4) is 0 Å². The smallest absolute Gasteiger partial charge is 0.338 e. The van der Waals surface area contributed by atoms with Crippen molar-refractivity contribution in [1.29, 1.82) is 0 Å². The molecule has 0 unspecified atom stereocenters. The quantitative estimate of drug-likeness (QED) is 0.520. The van der Waals surface area contributed by atoms with Crippen molar-refractivity contribution in [2.24, 2.45) is 5.73 Å². The number of para-hydroxylation sites is 1. The summed E-state index contributed by atoms with van der Waals surface area (Å²) in [6, 6.07) is 12.6. The van der Waals surface area contributed by atoms with E-state index in [1.54, 1.807) is 18.2 Å². The first-order valence-electron chi connectivity index (χ1n) is 8.27. The number of carbonyl (C=O) groups excluding carboxylic acids is 2. The number of halogens is 1.